The number of phenols is 1. The van der Waals surface area contributed by atoms with Crippen molar-refractivity contribution in [2.45, 2.75) is 50.5 Å². The van der Waals surface area contributed by atoms with Crippen LogP contribution in [0.5, 0.6) is 17.2 Å². The summed E-state index contributed by atoms with van der Waals surface area (Å²) in [4.78, 5) is 27.5. The van der Waals surface area contributed by atoms with Gasteiger partial charge in [0.25, 0.3) is 0 Å². The number of hydrogen-bond donors (Lipinski definition) is 2. The van der Waals surface area contributed by atoms with E-state index in [1.54, 1.807) is 19.2 Å². The molecule has 3 unspecified atom stereocenters. The molecular weight excluding hydrogens is 566 g/mol. The fourth-order valence-electron chi connectivity index (χ4n) is 5.80. The van der Waals surface area contributed by atoms with E-state index in [0.717, 1.165) is 29.9 Å². The van der Waals surface area contributed by atoms with Gasteiger partial charge in [-0.05, 0) is 71.4 Å². The molecule has 1 saturated heterocycles. The number of carbonyl (C=O) groups is 2. The highest BCUT2D eigenvalue weighted by molar-refractivity contribution is 9.10. The van der Waals surface area contributed by atoms with E-state index in [0.29, 0.717) is 39.9 Å². The van der Waals surface area contributed by atoms with Gasteiger partial charge in [0, 0.05) is 41.8 Å². The van der Waals surface area contributed by atoms with E-state index in [4.69, 9.17) is 18.9 Å². The Morgan fingerprint density at radius 3 is 2.64 bits per heavy atom. The van der Waals surface area contributed by atoms with Gasteiger partial charge in [-0.1, -0.05) is 18.2 Å². The quantitative estimate of drug-likeness (QED) is 0.417. The number of nitrogens with one attached hydrogen (secondary N) is 1. The third-order valence-corrected chi connectivity index (χ3v) is 8.26. The van der Waals surface area contributed by atoms with Crippen LogP contribution in [0.4, 0.5) is 0 Å². The highest BCUT2D eigenvalue weighted by Crippen LogP contribution is 2.49. The molecule has 2 aromatic rings. The summed E-state index contributed by atoms with van der Waals surface area (Å²) in [5.74, 6) is -0.430. The molecule has 39 heavy (non-hydrogen) atoms. The maximum absolute atomic E-state index is 13.9. The predicted molar refractivity (Wildman–Crippen MR) is 148 cm³/mol. The number of ether oxygens (including phenoxy) is 4. The number of allylic oxidation sites excluding steroid dienone is 3. The molecule has 3 atom stereocenters. The van der Waals surface area contributed by atoms with E-state index in [2.05, 4.69) is 21.2 Å². The van der Waals surface area contributed by atoms with Gasteiger partial charge >= 0.3 is 5.97 Å². The van der Waals surface area contributed by atoms with Gasteiger partial charge < -0.3 is 29.4 Å². The molecule has 2 N–H and O–H groups in total. The monoisotopic (exact) mass is 597 g/mol. The zero-order chi connectivity index (χ0) is 27.7. The average molecular weight is 598 g/mol. The molecule has 8 nitrogen and oxygen atoms in total. The summed E-state index contributed by atoms with van der Waals surface area (Å²) in [7, 11) is 3.08. The molecule has 5 rings (SSSR count). The number of para-hydroxylation sites is 1. The molecule has 1 fully saturated rings. The van der Waals surface area contributed by atoms with Gasteiger partial charge in [0.2, 0.25) is 0 Å². The number of rotatable bonds is 7. The number of methoxy groups -OCH3 is 2. The van der Waals surface area contributed by atoms with Crippen molar-refractivity contribution >= 4 is 27.7 Å². The molecule has 206 valence electrons. The fraction of sp³-hybridized carbons (Fsp3) is 0.400. The third-order valence-electron chi connectivity index (χ3n) is 7.65. The van der Waals surface area contributed by atoms with Crippen LogP contribution in [0.25, 0.3) is 0 Å². The van der Waals surface area contributed by atoms with Gasteiger partial charge in [0.1, 0.15) is 12.4 Å². The Morgan fingerprint density at radius 2 is 1.92 bits per heavy atom. The molecule has 0 amide bonds. The van der Waals surface area contributed by atoms with E-state index >= 15 is 0 Å². The largest absolute Gasteiger partial charge is 0.503 e. The smallest absolute Gasteiger partial charge is 0.336 e. The first-order valence-electron chi connectivity index (χ1n) is 13.0. The van der Waals surface area contributed by atoms with E-state index in [9.17, 15) is 14.7 Å². The van der Waals surface area contributed by atoms with Crippen molar-refractivity contribution in [1.29, 1.82) is 0 Å². The van der Waals surface area contributed by atoms with Crippen LogP contribution in [-0.4, -0.2) is 50.4 Å². The summed E-state index contributed by atoms with van der Waals surface area (Å²) in [5, 5.41) is 13.8. The van der Waals surface area contributed by atoms with Gasteiger partial charge in [0.05, 0.1) is 30.4 Å². The molecule has 0 bridgehead atoms. The first-order chi connectivity index (χ1) is 18.8. The number of hydrogen-bond acceptors (Lipinski definition) is 8. The second-order valence-corrected chi connectivity index (χ2v) is 10.9. The second-order valence-electron chi connectivity index (χ2n) is 10.0. The van der Waals surface area contributed by atoms with E-state index in [1.807, 2.05) is 31.2 Å². The summed E-state index contributed by atoms with van der Waals surface area (Å²) < 4.78 is 22.7. The van der Waals surface area contributed by atoms with E-state index in [-0.39, 0.29) is 42.3 Å². The van der Waals surface area contributed by atoms with Crippen molar-refractivity contribution in [1.82, 2.24) is 5.32 Å². The van der Waals surface area contributed by atoms with Crippen molar-refractivity contribution < 1.29 is 33.6 Å². The van der Waals surface area contributed by atoms with E-state index < -0.39 is 11.9 Å². The van der Waals surface area contributed by atoms with Crippen LogP contribution in [0.3, 0.4) is 0 Å². The lowest BCUT2D eigenvalue weighted by atomic mass is 9.71. The van der Waals surface area contributed by atoms with Gasteiger partial charge in [0.15, 0.2) is 17.3 Å². The standard InChI is InChI=1S/C30H32BrNO7/c1-16-26(30(35)39-15-19-7-6-10-38-19)27(18-11-21(31)29(34)25(14-18)37-3)28-22(32-16)12-17(13-23(28)33)20-8-4-5-9-24(20)36-2/h4-5,8-9,11,14,17,19,27,32,34H,6-7,10,12-13,15H2,1-3H3. The lowest BCUT2D eigenvalue weighted by Crippen LogP contribution is -2.36. The van der Waals surface area contributed by atoms with Gasteiger partial charge in [-0.2, -0.15) is 0 Å². The number of phenolic OH excluding ortho intramolecular Hbond substituents is 1. The Balaban J connectivity index is 1.57. The number of benzene rings is 2. The zero-order valence-electron chi connectivity index (χ0n) is 22.2. The van der Waals surface area contributed by atoms with Crippen LogP contribution < -0.4 is 14.8 Å². The predicted octanol–water partition coefficient (Wildman–Crippen LogP) is 5.26. The van der Waals surface area contributed by atoms with Crippen LogP contribution in [-0.2, 0) is 19.1 Å². The first kappa shape index (κ1) is 27.3. The molecular formula is C30H32BrNO7. The minimum Gasteiger partial charge on any atom is -0.503 e. The molecule has 9 heteroatoms. The molecule has 1 aliphatic carbocycles. The van der Waals surface area contributed by atoms with Crippen molar-refractivity contribution in [3.05, 3.63) is 74.5 Å². The first-order valence-corrected chi connectivity index (χ1v) is 13.8. The summed E-state index contributed by atoms with van der Waals surface area (Å²) in [6.45, 7) is 2.64. The van der Waals surface area contributed by atoms with Crippen LogP contribution in [0.1, 0.15) is 55.6 Å². The molecule has 2 heterocycles. The molecule has 0 saturated carbocycles. The van der Waals surface area contributed by atoms with Crippen LogP contribution >= 0.6 is 15.9 Å². The fourth-order valence-corrected chi connectivity index (χ4v) is 6.26. The lowest BCUT2D eigenvalue weighted by Gasteiger charge is -2.37. The summed E-state index contributed by atoms with van der Waals surface area (Å²) in [6.07, 6.45) is 2.50. The Hall–Kier alpha value is -3.30. The van der Waals surface area contributed by atoms with Crippen LogP contribution in [0.15, 0.2) is 63.4 Å². The Kier molecular flexibility index (Phi) is 8.00. The zero-order valence-corrected chi connectivity index (χ0v) is 23.8. The van der Waals surface area contributed by atoms with Gasteiger partial charge in [-0.15, -0.1) is 0 Å². The maximum Gasteiger partial charge on any atom is 0.336 e. The average Bonchev–Trinajstić information content (AvgIpc) is 3.46. The summed E-state index contributed by atoms with van der Waals surface area (Å²) >= 11 is 3.40. The minimum atomic E-state index is -0.699. The highest BCUT2D eigenvalue weighted by atomic mass is 79.9. The lowest BCUT2D eigenvalue weighted by molar-refractivity contribution is -0.142. The number of halogens is 1. The molecule has 3 aliphatic rings. The number of ketones is 1. The van der Waals surface area contributed by atoms with Crippen molar-refractivity contribution in [2.24, 2.45) is 0 Å². The summed E-state index contributed by atoms with van der Waals surface area (Å²) in [6, 6.07) is 11.1. The Labute approximate surface area is 236 Å². The molecule has 0 spiro atoms. The van der Waals surface area contributed by atoms with Crippen LogP contribution in [0, 0.1) is 0 Å². The SMILES string of the molecule is COc1ccccc1C1CC(=O)C2=C(C1)NC(C)=C(C(=O)OCC1CCCO1)C2c1cc(Br)c(O)c(OC)c1. The molecule has 2 aromatic carbocycles. The van der Waals surface area contributed by atoms with Crippen molar-refractivity contribution in [2.75, 3.05) is 27.4 Å². The molecule has 2 aliphatic heterocycles. The number of carbonyl (C=O) groups excluding carboxylic acids is 2. The molecule has 0 aromatic heterocycles. The minimum absolute atomic E-state index is 0.0567. The van der Waals surface area contributed by atoms with Gasteiger partial charge in [-0.3, -0.25) is 4.79 Å². The number of esters is 1. The topological polar surface area (TPSA) is 103 Å². The van der Waals surface area contributed by atoms with Crippen LogP contribution in [0.2, 0.25) is 0 Å². The van der Waals surface area contributed by atoms with Crippen molar-refractivity contribution in [3.8, 4) is 17.2 Å². The third kappa shape index (κ3) is 5.30. The number of aromatic hydroxyl groups is 1. The number of dihydropyridines is 1. The molecule has 0 radical (unpaired) electrons. The normalized spacial score (nSPS) is 22.9. The highest BCUT2D eigenvalue weighted by Gasteiger charge is 2.42. The van der Waals surface area contributed by atoms with Gasteiger partial charge in [-0.25, -0.2) is 4.79 Å². The maximum atomic E-state index is 13.9. The van der Waals surface area contributed by atoms with Crippen molar-refractivity contribution in [3.63, 3.8) is 0 Å². The summed E-state index contributed by atoms with van der Waals surface area (Å²) in [5.41, 5.74) is 3.87. The second kappa shape index (κ2) is 11.4. The Bertz CT molecular complexity index is 1360. The Morgan fingerprint density at radius 1 is 1.15 bits per heavy atom. The number of Topliss-reactive ketones (excluding diaryl/α,β-unsaturated/α-hetero) is 1. The van der Waals surface area contributed by atoms with E-state index in [1.165, 1.54) is 7.11 Å².